The molecule has 0 fully saturated rings. The lowest BCUT2D eigenvalue weighted by molar-refractivity contribution is 0.661. The van der Waals surface area contributed by atoms with Gasteiger partial charge in [-0.25, -0.2) is 0 Å². The largest absolute Gasteiger partial charge is 0.312 e. The lowest BCUT2D eigenvalue weighted by Crippen LogP contribution is -2.22. The summed E-state index contributed by atoms with van der Waals surface area (Å²) in [4.78, 5) is 0. The molecule has 0 aliphatic carbocycles. The van der Waals surface area contributed by atoms with Crippen molar-refractivity contribution in [1.82, 2.24) is 5.32 Å². The summed E-state index contributed by atoms with van der Waals surface area (Å²) >= 11 is 2.01. The highest BCUT2D eigenvalue weighted by molar-refractivity contribution is 8.00. The fourth-order valence-corrected chi connectivity index (χ4v) is 3.23. The van der Waals surface area contributed by atoms with Gasteiger partial charge in [-0.15, -0.1) is 0 Å². The molecule has 0 aromatic heterocycles. The number of hydrogen-bond acceptors (Lipinski definition) is 2. The Morgan fingerprint density at radius 2 is 1.74 bits per heavy atom. The Bertz CT molecular complexity index is 537. The van der Waals surface area contributed by atoms with Crippen molar-refractivity contribution in [3.63, 3.8) is 0 Å². The molecule has 19 heavy (non-hydrogen) atoms. The predicted octanol–water partition coefficient (Wildman–Crippen LogP) is 4.63. The van der Waals surface area contributed by atoms with E-state index in [1.54, 1.807) is 0 Å². The Kier molecular flexibility index (Phi) is 4.54. The zero-order chi connectivity index (χ0) is 13.9. The lowest BCUT2D eigenvalue weighted by Gasteiger charge is -2.24. The minimum atomic E-state index is 0.305. The van der Waals surface area contributed by atoms with Crippen molar-refractivity contribution in [3.8, 4) is 0 Å². The van der Waals surface area contributed by atoms with Crippen LogP contribution in [0.4, 0.5) is 0 Å². The van der Waals surface area contributed by atoms with Gasteiger partial charge in [0, 0.05) is 16.5 Å². The summed E-state index contributed by atoms with van der Waals surface area (Å²) in [6.45, 7) is 6.81. The van der Waals surface area contributed by atoms with Crippen LogP contribution in [0.25, 0.3) is 10.8 Å². The van der Waals surface area contributed by atoms with E-state index in [2.05, 4.69) is 75.6 Å². The number of nitrogens with one attached hydrogen (secondary N) is 1. The van der Waals surface area contributed by atoms with Gasteiger partial charge in [0.2, 0.25) is 0 Å². The van der Waals surface area contributed by atoms with Crippen molar-refractivity contribution >= 4 is 22.5 Å². The molecule has 0 saturated heterocycles. The van der Waals surface area contributed by atoms with Crippen molar-refractivity contribution < 1.29 is 0 Å². The van der Waals surface area contributed by atoms with Crippen molar-refractivity contribution in [2.45, 2.75) is 31.6 Å². The van der Waals surface area contributed by atoms with E-state index in [0.29, 0.717) is 10.8 Å². The van der Waals surface area contributed by atoms with Crippen LogP contribution in [0, 0.1) is 0 Å². The topological polar surface area (TPSA) is 12.0 Å². The average Bonchev–Trinajstić information content (AvgIpc) is 2.38. The molecule has 1 atom stereocenters. The zero-order valence-corrected chi connectivity index (χ0v) is 13.1. The van der Waals surface area contributed by atoms with E-state index in [1.165, 1.54) is 16.3 Å². The van der Waals surface area contributed by atoms with Crippen LogP contribution in [0.5, 0.6) is 0 Å². The SMILES string of the molecule is CNC(CSC(C)(C)C)c1cccc2ccccc12. The first kappa shape index (κ1) is 14.4. The van der Waals surface area contributed by atoms with Crippen molar-refractivity contribution in [3.05, 3.63) is 48.0 Å². The van der Waals surface area contributed by atoms with E-state index >= 15 is 0 Å². The Morgan fingerprint density at radius 3 is 2.42 bits per heavy atom. The molecule has 0 bridgehead atoms. The molecule has 2 aromatic carbocycles. The van der Waals surface area contributed by atoms with Crippen LogP contribution in [0.3, 0.4) is 0 Å². The summed E-state index contributed by atoms with van der Waals surface area (Å²) < 4.78 is 0.305. The van der Waals surface area contributed by atoms with E-state index in [0.717, 1.165) is 5.75 Å². The Balaban J connectivity index is 2.30. The first-order chi connectivity index (χ1) is 9.01. The third kappa shape index (κ3) is 3.74. The molecule has 0 radical (unpaired) electrons. The Morgan fingerprint density at radius 1 is 1.05 bits per heavy atom. The van der Waals surface area contributed by atoms with Crippen LogP contribution < -0.4 is 5.32 Å². The minimum absolute atomic E-state index is 0.305. The molecule has 2 aromatic rings. The molecule has 1 N–H and O–H groups in total. The second kappa shape index (κ2) is 5.98. The maximum Gasteiger partial charge on any atom is 0.0415 e. The van der Waals surface area contributed by atoms with Gasteiger partial charge >= 0.3 is 0 Å². The molecular weight excluding hydrogens is 250 g/mol. The molecule has 0 saturated carbocycles. The van der Waals surface area contributed by atoms with Gasteiger partial charge in [-0.1, -0.05) is 63.2 Å². The Hall–Kier alpha value is -0.990. The van der Waals surface area contributed by atoms with Crippen molar-refractivity contribution in [2.24, 2.45) is 0 Å². The van der Waals surface area contributed by atoms with Crippen LogP contribution in [-0.4, -0.2) is 17.5 Å². The molecule has 0 heterocycles. The fraction of sp³-hybridized carbons (Fsp3) is 0.412. The number of fused-ring (bicyclic) bond motifs is 1. The summed E-state index contributed by atoms with van der Waals surface area (Å²) in [5, 5.41) is 6.14. The van der Waals surface area contributed by atoms with E-state index < -0.39 is 0 Å². The third-order valence-corrected chi connectivity index (χ3v) is 4.60. The maximum absolute atomic E-state index is 3.46. The maximum atomic E-state index is 3.46. The summed E-state index contributed by atoms with van der Waals surface area (Å²) in [6.07, 6.45) is 0. The van der Waals surface area contributed by atoms with E-state index in [4.69, 9.17) is 0 Å². The molecule has 1 unspecified atom stereocenters. The minimum Gasteiger partial charge on any atom is -0.312 e. The highest BCUT2D eigenvalue weighted by Gasteiger charge is 2.17. The van der Waals surface area contributed by atoms with Gasteiger partial charge in [-0.2, -0.15) is 11.8 Å². The summed E-state index contributed by atoms with van der Waals surface area (Å²) in [7, 11) is 2.05. The third-order valence-electron chi connectivity index (χ3n) is 3.23. The summed E-state index contributed by atoms with van der Waals surface area (Å²) in [6, 6.07) is 15.6. The molecule has 1 nitrogen and oxygen atoms in total. The van der Waals surface area contributed by atoms with Gasteiger partial charge in [0.05, 0.1) is 0 Å². The smallest absolute Gasteiger partial charge is 0.0415 e. The van der Waals surface area contributed by atoms with E-state index in [9.17, 15) is 0 Å². The number of benzene rings is 2. The first-order valence-corrected chi connectivity index (χ1v) is 7.79. The summed E-state index contributed by atoms with van der Waals surface area (Å²) in [5.41, 5.74) is 1.40. The molecule has 0 aliphatic rings. The second-order valence-corrected chi connectivity index (χ2v) is 7.68. The van der Waals surface area contributed by atoms with Crippen LogP contribution in [0.15, 0.2) is 42.5 Å². The molecule has 2 heteroatoms. The van der Waals surface area contributed by atoms with Crippen LogP contribution in [0.2, 0.25) is 0 Å². The normalized spacial score (nSPS) is 13.7. The molecule has 0 amide bonds. The number of rotatable bonds is 4. The molecule has 2 rings (SSSR count). The molecule has 102 valence electrons. The highest BCUT2D eigenvalue weighted by atomic mass is 32.2. The van der Waals surface area contributed by atoms with Gasteiger partial charge < -0.3 is 5.32 Å². The monoisotopic (exact) mass is 273 g/mol. The summed E-state index contributed by atoms with van der Waals surface area (Å²) in [5.74, 6) is 1.09. The quantitative estimate of drug-likeness (QED) is 0.871. The van der Waals surface area contributed by atoms with Gasteiger partial charge in [-0.3, -0.25) is 0 Å². The van der Waals surface area contributed by atoms with Crippen LogP contribution >= 0.6 is 11.8 Å². The first-order valence-electron chi connectivity index (χ1n) is 6.80. The Labute approximate surface area is 120 Å². The van der Waals surface area contributed by atoms with Gasteiger partial charge in [0.25, 0.3) is 0 Å². The predicted molar refractivity (Wildman–Crippen MR) is 88.0 cm³/mol. The highest BCUT2D eigenvalue weighted by Crippen LogP contribution is 2.31. The second-order valence-electron chi connectivity index (χ2n) is 5.83. The standard InChI is InChI=1S/C17H23NS/c1-17(2,3)19-12-16(18-4)15-11-7-9-13-8-5-6-10-14(13)15/h5-11,16,18H,12H2,1-4H3. The molecule has 0 aliphatic heterocycles. The van der Waals surface area contributed by atoms with Gasteiger partial charge in [0.1, 0.15) is 0 Å². The lowest BCUT2D eigenvalue weighted by atomic mass is 10.00. The zero-order valence-electron chi connectivity index (χ0n) is 12.2. The van der Waals surface area contributed by atoms with E-state index in [1.807, 2.05) is 11.8 Å². The average molecular weight is 273 g/mol. The number of hydrogen-bond donors (Lipinski definition) is 1. The fourth-order valence-electron chi connectivity index (χ4n) is 2.22. The van der Waals surface area contributed by atoms with Gasteiger partial charge in [-0.05, 0) is 23.4 Å². The van der Waals surface area contributed by atoms with Gasteiger partial charge in [0.15, 0.2) is 0 Å². The van der Waals surface area contributed by atoms with Crippen LogP contribution in [-0.2, 0) is 0 Å². The van der Waals surface area contributed by atoms with Crippen molar-refractivity contribution in [2.75, 3.05) is 12.8 Å². The molecular formula is C17H23NS. The number of thioether (sulfide) groups is 1. The van der Waals surface area contributed by atoms with E-state index in [-0.39, 0.29) is 0 Å². The van der Waals surface area contributed by atoms with Crippen molar-refractivity contribution in [1.29, 1.82) is 0 Å². The van der Waals surface area contributed by atoms with Crippen LogP contribution in [0.1, 0.15) is 32.4 Å². The molecule has 0 spiro atoms.